The minimum absolute atomic E-state index is 0.272. The van der Waals surface area contributed by atoms with Crippen molar-refractivity contribution in [3.63, 3.8) is 0 Å². The van der Waals surface area contributed by atoms with Crippen molar-refractivity contribution in [1.82, 2.24) is 15.0 Å². The molecule has 158 valence electrons. The number of hydrogen-bond donors (Lipinski definition) is 2. The molecule has 1 saturated carbocycles. The second kappa shape index (κ2) is 8.44. The summed E-state index contributed by atoms with van der Waals surface area (Å²) in [5, 5.41) is 15.5. The molecule has 0 bridgehead atoms. The topological polar surface area (TPSA) is 70.9 Å². The number of benzene rings is 1. The van der Waals surface area contributed by atoms with Crippen LogP contribution in [0.15, 0.2) is 36.7 Å². The number of hydrogen-bond acceptors (Lipinski definition) is 6. The number of rotatable bonds is 5. The minimum atomic E-state index is -0.877. The molecule has 1 fully saturated rings. The third-order valence-electron chi connectivity index (χ3n) is 6.08. The third kappa shape index (κ3) is 4.55. The van der Waals surface area contributed by atoms with Gasteiger partial charge in [-0.3, -0.25) is 0 Å². The lowest BCUT2D eigenvalue weighted by Crippen LogP contribution is -2.34. The van der Waals surface area contributed by atoms with Crippen LogP contribution in [0.25, 0.3) is 10.4 Å². The zero-order chi connectivity index (χ0) is 21.3. The summed E-state index contributed by atoms with van der Waals surface area (Å²) < 4.78 is 0. The van der Waals surface area contributed by atoms with Gasteiger partial charge in [0, 0.05) is 23.8 Å². The van der Waals surface area contributed by atoms with Crippen LogP contribution >= 0.6 is 11.3 Å². The van der Waals surface area contributed by atoms with E-state index in [1.807, 2.05) is 26.1 Å². The largest absolute Gasteiger partial charge is 0.383 e. The molecule has 2 aromatic heterocycles. The molecule has 3 atom stereocenters. The van der Waals surface area contributed by atoms with E-state index in [1.54, 1.807) is 17.5 Å². The van der Waals surface area contributed by atoms with E-state index < -0.39 is 5.60 Å². The Morgan fingerprint density at radius 3 is 2.77 bits per heavy atom. The molecule has 2 heterocycles. The summed E-state index contributed by atoms with van der Waals surface area (Å²) in [5.74, 6) is 1.53. The SMILES string of the molecule is Cc1cc(Nc2nccc(C)n2)cc(-c2cnc([C@@](C)(O)[C@@H]3CCC[C@H](C)C3)s2)c1. The smallest absolute Gasteiger partial charge is 0.227 e. The maximum absolute atomic E-state index is 11.3. The summed E-state index contributed by atoms with van der Waals surface area (Å²) in [4.78, 5) is 14.4. The predicted octanol–water partition coefficient (Wildman–Crippen LogP) is 5.99. The molecule has 6 heteroatoms. The number of thiazole rings is 1. The van der Waals surface area contributed by atoms with Crippen molar-refractivity contribution in [3.05, 3.63) is 52.9 Å². The third-order valence-corrected chi connectivity index (χ3v) is 7.36. The fourth-order valence-corrected chi connectivity index (χ4v) is 5.42. The fourth-order valence-electron chi connectivity index (χ4n) is 4.40. The standard InChI is InChI=1S/C24H30N4OS/c1-15-6-5-7-19(11-15)24(4,29)22-26-14-21(30-22)18-10-16(2)12-20(13-18)28-23-25-9-8-17(3)27-23/h8-10,12-15,19,29H,5-7,11H2,1-4H3,(H,25,27,28)/t15-,19+,24-/m0/s1. The summed E-state index contributed by atoms with van der Waals surface area (Å²) >= 11 is 1.59. The summed E-state index contributed by atoms with van der Waals surface area (Å²) in [6.07, 6.45) is 8.24. The average Bonchev–Trinajstić information content (AvgIpc) is 3.19. The monoisotopic (exact) mass is 422 g/mol. The van der Waals surface area contributed by atoms with Crippen molar-refractivity contribution in [1.29, 1.82) is 0 Å². The van der Waals surface area contributed by atoms with Crippen LogP contribution in [0.1, 0.15) is 55.8 Å². The Morgan fingerprint density at radius 1 is 1.17 bits per heavy atom. The summed E-state index contributed by atoms with van der Waals surface area (Å²) in [6, 6.07) is 8.20. The quantitative estimate of drug-likeness (QED) is 0.528. The molecule has 0 aliphatic heterocycles. The first kappa shape index (κ1) is 20.9. The van der Waals surface area contributed by atoms with E-state index in [-0.39, 0.29) is 5.92 Å². The van der Waals surface area contributed by atoms with Crippen molar-refractivity contribution in [3.8, 4) is 10.4 Å². The number of aryl methyl sites for hydroxylation is 2. The van der Waals surface area contributed by atoms with Crippen LogP contribution in [0.4, 0.5) is 11.6 Å². The van der Waals surface area contributed by atoms with Crippen LogP contribution in [0.3, 0.4) is 0 Å². The fraction of sp³-hybridized carbons (Fsp3) is 0.458. The van der Waals surface area contributed by atoms with Crippen LogP contribution in [-0.2, 0) is 5.60 Å². The molecule has 1 aliphatic carbocycles. The molecule has 3 aromatic rings. The molecule has 0 unspecified atom stereocenters. The summed E-state index contributed by atoms with van der Waals surface area (Å²) in [7, 11) is 0. The Kier molecular flexibility index (Phi) is 5.89. The Balaban J connectivity index is 1.59. The van der Waals surface area contributed by atoms with Crippen LogP contribution in [0, 0.1) is 25.7 Å². The van der Waals surface area contributed by atoms with E-state index in [2.05, 4.69) is 52.3 Å². The Morgan fingerprint density at radius 2 is 2.00 bits per heavy atom. The highest BCUT2D eigenvalue weighted by Crippen LogP contribution is 2.43. The van der Waals surface area contributed by atoms with Crippen molar-refractivity contribution in [2.75, 3.05) is 5.32 Å². The van der Waals surface area contributed by atoms with Gasteiger partial charge in [0.2, 0.25) is 5.95 Å². The van der Waals surface area contributed by atoms with Gasteiger partial charge in [0.25, 0.3) is 0 Å². The van der Waals surface area contributed by atoms with Crippen molar-refractivity contribution < 1.29 is 5.11 Å². The second-order valence-electron chi connectivity index (χ2n) is 8.88. The lowest BCUT2D eigenvalue weighted by Gasteiger charge is -2.36. The second-order valence-corrected chi connectivity index (χ2v) is 9.91. The number of nitrogens with one attached hydrogen (secondary N) is 1. The highest BCUT2D eigenvalue weighted by Gasteiger charge is 2.38. The van der Waals surface area contributed by atoms with Crippen molar-refractivity contribution in [2.45, 2.75) is 59.0 Å². The number of aliphatic hydroxyl groups is 1. The lowest BCUT2D eigenvalue weighted by atomic mass is 9.74. The molecule has 0 saturated heterocycles. The van der Waals surface area contributed by atoms with Crippen molar-refractivity contribution >= 4 is 23.0 Å². The highest BCUT2D eigenvalue weighted by molar-refractivity contribution is 7.15. The summed E-state index contributed by atoms with van der Waals surface area (Å²) in [5.41, 5.74) is 3.22. The van der Waals surface area contributed by atoms with E-state index in [4.69, 9.17) is 0 Å². The van der Waals surface area contributed by atoms with E-state index >= 15 is 0 Å². The molecule has 0 amide bonds. The molecule has 4 rings (SSSR count). The van der Waals surface area contributed by atoms with Crippen LogP contribution in [0.2, 0.25) is 0 Å². The molecule has 0 spiro atoms. The first-order valence-electron chi connectivity index (χ1n) is 10.7. The van der Waals surface area contributed by atoms with Gasteiger partial charge in [-0.25, -0.2) is 15.0 Å². The maximum Gasteiger partial charge on any atom is 0.227 e. The number of nitrogens with zero attached hydrogens (tertiary/aromatic N) is 3. The van der Waals surface area contributed by atoms with Gasteiger partial charge >= 0.3 is 0 Å². The van der Waals surface area contributed by atoms with Crippen LogP contribution < -0.4 is 5.32 Å². The van der Waals surface area contributed by atoms with Gasteiger partial charge in [-0.1, -0.05) is 25.8 Å². The highest BCUT2D eigenvalue weighted by atomic mass is 32.1. The molecular weight excluding hydrogens is 392 g/mol. The predicted molar refractivity (Wildman–Crippen MR) is 123 cm³/mol. The van der Waals surface area contributed by atoms with Crippen molar-refractivity contribution in [2.24, 2.45) is 11.8 Å². The Bertz CT molecular complexity index is 1030. The number of anilines is 2. The molecule has 0 radical (unpaired) electrons. The van der Waals surface area contributed by atoms with E-state index in [9.17, 15) is 5.11 Å². The minimum Gasteiger partial charge on any atom is -0.383 e. The maximum atomic E-state index is 11.3. The lowest BCUT2D eigenvalue weighted by molar-refractivity contribution is -0.0295. The molecule has 5 nitrogen and oxygen atoms in total. The normalized spacial score (nSPS) is 21.2. The van der Waals surface area contributed by atoms with Gasteiger partial charge in [0.05, 0.1) is 4.88 Å². The van der Waals surface area contributed by atoms with E-state index in [0.29, 0.717) is 11.9 Å². The van der Waals surface area contributed by atoms with Gasteiger partial charge < -0.3 is 10.4 Å². The van der Waals surface area contributed by atoms with E-state index in [0.717, 1.165) is 45.2 Å². The Labute approximate surface area is 182 Å². The van der Waals surface area contributed by atoms with Gasteiger partial charge in [-0.15, -0.1) is 11.3 Å². The molecular formula is C24H30N4OS. The first-order chi connectivity index (χ1) is 14.3. The molecule has 2 N–H and O–H groups in total. The van der Waals surface area contributed by atoms with Gasteiger partial charge in [0.1, 0.15) is 10.6 Å². The Hall–Kier alpha value is -2.31. The van der Waals surface area contributed by atoms with E-state index in [1.165, 1.54) is 12.8 Å². The first-order valence-corrected chi connectivity index (χ1v) is 11.5. The zero-order valence-corrected chi connectivity index (χ0v) is 19.0. The molecule has 1 aromatic carbocycles. The van der Waals surface area contributed by atoms with Crippen LogP contribution in [-0.4, -0.2) is 20.1 Å². The molecule has 30 heavy (non-hydrogen) atoms. The average molecular weight is 423 g/mol. The van der Waals surface area contributed by atoms with Gasteiger partial charge in [-0.05, 0) is 74.8 Å². The van der Waals surface area contributed by atoms with Gasteiger partial charge in [0.15, 0.2) is 0 Å². The zero-order valence-electron chi connectivity index (χ0n) is 18.1. The van der Waals surface area contributed by atoms with Gasteiger partial charge in [-0.2, -0.15) is 0 Å². The van der Waals surface area contributed by atoms with Crippen LogP contribution in [0.5, 0.6) is 0 Å². The number of aromatic nitrogens is 3. The molecule has 1 aliphatic rings. The summed E-state index contributed by atoms with van der Waals surface area (Å²) in [6.45, 7) is 8.25.